The molecule has 0 amide bonds. The summed E-state index contributed by atoms with van der Waals surface area (Å²) in [6.45, 7) is 4.20. The van der Waals surface area contributed by atoms with Crippen LogP contribution in [0, 0.1) is 13.8 Å². The summed E-state index contributed by atoms with van der Waals surface area (Å²) >= 11 is 3.49. The highest BCUT2D eigenvalue weighted by molar-refractivity contribution is 7.16. The number of nitrogens with zero attached hydrogens (tertiary/aromatic N) is 1. The first-order valence-electron chi connectivity index (χ1n) is 4.41. The molecular formula is C11H11NS2. The molecule has 0 atom stereocenters. The van der Waals surface area contributed by atoms with Gasteiger partial charge >= 0.3 is 0 Å². The van der Waals surface area contributed by atoms with Crippen LogP contribution in [-0.4, -0.2) is 6.21 Å². The summed E-state index contributed by atoms with van der Waals surface area (Å²) in [5.41, 5.74) is 0. The molecule has 0 bridgehead atoms. The minimum absolute atomic E-state index is 1.08. The van der Waals surface area contributed by atoms with E-state index in [0.717, 1.165) is 5.00 Å². The van der Waals surface area contributed by atoms with Gasteiger partial charge in [-0.05, 0) is 38.1 Å². The van der Waals surface area contributed by atoms with Crippen LogP contribution in [0.25, 0.3) is 0 Å². The molecule has 0 aliphatic heterocycles. The molecular weight excluding hydrogens is 210 g/mol. The number of hydrogen-bond acceptors (Lipinski definition) is 3. The van der Waals surface area contributed by atoms with Crippen LogP contribution in [0.5, 0.6) is 0 Å². The fourth-order valence-corrected chi connectivity index (χ4v) is 2.60. The Kier molecular flexibility index (Phi) is 2.79. The van der Waals surface area contributed by atoms with E-state index >= 15 is 0 Å². The molecule has 2 heterocycles. The number of rotatable bonds is 2. The normalized spacial score (nSPS) is 11.3. The van der Waals surface area contributed by atoms with Gasteiger partial charge in [-0.15, -0.1) is 22.7 Å². The molecule has 2 aromatic rings. The second kappa shape index (κ2) is 4.07. The van der Waals surface area contributed by atoms with Crippen LogP contribution in [0.3, 0.4) is 0 Å². The lowest BCUT2D eigenvalue weighted by atomic mass is 10.4. The highest BCUT2D eigenvalue weighted by Crippen LogP contribution is 2.24. The molecule has 2 rings (SSSR count). The van der Waals surface area contributed by atoms with E-state index in [2.05, 4.69) is 43.1 Å². The molecule has 0 aromatic carbocycles. The van der Waals surface area contributed by atoms with E-state index in [1.54, 1.807) is 22.7 Å². The van der Waals surface area contributed by atoms with E-state index < -0.39 is 0 Å². The lowest BCUT2D eigenvalue weighted by molar-refractivity contribution is 1.62. The Morgan fingerprint density at radius 3 is 2.29 bits per heavy atom. The zero-order valence-corrected chi connectivity index (χ0v) is 9.78. The molecule has 0 radical (unpaired) electrons. The lowest BCUT2D eigenvalue weighted by Gasteiger charge is -1.83. The SMILES string of the molecule is Cc1ccc(/C=N/c2ccc(C)s2)s1. The molecule has 0 N–H and O–H groups in total. The van der Waals surface area contributed by atoms with Gasteiger partial charge in [-0.1, -0.05) is 0 Å². The van der Waals surface area contributed by atoms with Crippen LogP contribution in [0.2, 0.25) is 0 Å². The predicted octanol–water partition coefficient (Wildman–Crippen LogP) is 4.18. The van der Waals surface area contributed by atoms with Crippen molar-refractivity contribution in [3.8, 4) is 0 Å². The van der Waals surface area contributed by atoms with E-state index in [1.807, 2.05) is 6.21 Å². The molecule has 0 unspecified atom stereocenters. The average Bonchev–Trinajstić information content (AvgIpc) is 2.72. The topological polar surface area (TPSA) is 12.4 Å². The first-order valence-corrected chi connectivity index (χ1v) is 6.04. The van der Waals surface area contributed by atoms with Crippen molar-refractivity contribution in [2.24, 2.45) is 4.99 Å². The quantitative estimate of drug-likeness (QED) is 0.675. The minimum atomic E-state index is 1.08. The number of aryl methyl sites for hydroxylation is 2. The second-order valence-corrected chi connectivity index (χ2v) is 5.68. The summed E-state index contributed by atoms with van der Waals surface area (Å²) in [6.07, 6.45) is 1.93. The summed E-state index contributed by atoms with van der Waals surface area (Å²) in [5.74, 6) is 0. The van der Waals surface area contributed by atoms with Crippen molar-refractivity contribution in [2.75, 3.05) is 0 Å². The van der Waals surface area contributed by atoms with E-state index in [1.165, 1.54) is 14.6 Å². The van der Waals surface area contributed by atoms with Gasteiger partial charge in [0.1, 0.15) is 5.00 Å². The first-order chi connectivity index (χ1) is 6.74. The predicted molar refractivity (Wildman–Crippen MR) is 65.4 cm³/mol. The fraction of sp³-hybridized carbons (Fsp3) is 0.182. The molecule has 3 heteroatoms. The summed E-state index contributed by atoms with van der Waals surface area (Å²) in [4.78, 5) is 8.26. The third kappa shape index (κ3) is 2.30. The monoisotopic (exact) mass is 221 g/mol. The molecule has 14 heavy (non-hydrogen) atoms. The van der Waals surface area contributed by atoms with E-state index in [-0.39, 0.29) is 0 Å². The second-order valence-electron chi connectivity index (χ2n) is 3.09. The van der Waals surface area contributed by atoms with Crippen molar-refractivity contribution in [3.05, 3.63) is 38.9 Å². The van der Waals surface area contributed by atoms with Crippen molar-refractivity contribution in [1.29, 1.82) is 0 Å². The van der Waals surface area contributed by atoms with Crippen LogP contribution in [0.4, 0.5) is 5.00 Å². The molecule has 72 valence electrons. The fourth-order valence-electron chi connectivity index (χ4n) is 1.14. The average molecular weight is 221 g/mol. The highest BCUT2D eigenvalue weighted by Gasteiger charge is 1.94. The van der Waals surface area contributed by atoms with E-state index in [4.69, 9.17) is 0 Å². The van der Waals surface area contributed by atoms with Crippen molar-refractivity contribution < 1.29 is 0 Å². The standard InChI is InChI=1S/C11H11NS2/c1-8-3-5-10(13-8)7-12-11-6-4-9(2)14-11/h3-7H,1-2H3/b12-7+. The van der Waals surface area contributed by atoms with Gasteiger partial charge in [0.2, 0.25) is 0 Å². The van der Waals surface area contributed by atoms with Gasteiger partial charge in [0.05, 0.1) is 0 Å². The summed E-state index contributed by atoms with van der Waals surface area (Å²) < 4.78 is 0. The van der Waals surface area contributed by atoms with Crippen molar-refractivity contribution in [3.63, 3.8) is 0 Å². The van der Waals surface area contributed by atoms with Gasteiger partial charge in [0.15, 0.2) is 0 Å². The highest BCUT2D eigenvalue weighted by atomic mass is 32.1. The van der Waals surface area contributed by atoms with Gasteiger partial charge in [0, 0.05) is 20.8 Å². The number of hydrogen-bond donors (Lipinski definition) is 0. The maximum atomic E-state index is 4.41. The van der Waals surface area contributed by atoms with Gasteiger partial charge in [0.25, 0.3) is 0 Å². The molecule has 0 saturated heterocycles. The van der Waals surface area contributed by atoms with Crippen LogP contribution in [-0.2, 0) is 0 Å². The van der Waals surface area contributed by atoms with Crippen molar-refractivity contribution in [1.82, 2.24) is 0 Å². The van der Waals surface area contributed by atoms with Crippen LogP contribution < -0.4 is 0 Å². The maximum absolute atomic E-state index is 4.41. The van der Waals surface area contributed by atoms with Gasteiger partial charge in [-0.25, -0.2) is 4.99 Å². The Bertz CT molecular complexity index is 409. The zero-order valence-electron chi connectivity index (χ0n) is 8.15. The van der Waals surface area contributed by atoms with Gasteiger partial charge in [-0.2, -0.15) is 0 Å². The molecule has 0 saturated carbocycles. The van der Waals surface area contributed by atoms with Gasteiger partial charge in [-0.3, -0.25) is 0 Å². The Morgan fingerprint density at radius 1 is 1.00 bits per heavy atom. The molecule has 0 fully saturated rings. The molecule has 0 aliphatic rings. The molecule has 1 nitrogen and oxygen atoms in total. The Morgan fingerprint density at radius 2 is 1.71 bits per heavy atom. The zero-order chi connectivity index (χ0) is 9.97. The summed E-state index contributed by atoms with van der Waals surface area (Å²) in [5, 5.41) is 1.08. The van der Waals surface area contributed by atoms with Crippen molar-refractivity contribution >= 4 is 33.9 Å². The molecule has 0 aliphatic carbocycles. The third-order valence-electron chi connectivity index (χ3n) is 1.81. The summed E-state index contributed by atoms with van der Waals surface area (Å²) in [7, 11) is 0. The van der Waals surface area contributed by atoms with E-state index in [0.29, 0.717) is 0 Å². The molecule has 0 spiro atoms. The minimum Gasteiger partial charge on any atom is -0.245 e. The van der Waals surface area contributed by atoms with Gasteiger partial charge < -0.3 is 0 Å². The van der Waals surface area contributed by atoms with Crippen molar-refractivity contribution in [2.45, 2.75) is 13.8 Å². The lowest BCUT2D eigenvalue weighted by Crippen LogP contribution is -1.67. The largest absolute Gasteiger partial charge is 0.245 e. The first kappa shape index (κ1) is 9.62. The Balaban J connectivity index is 2.14. The number of thiophene rings is 2. The Labute approximate surface area is 91.8 Å². The van der Waals surface area contributed by atoms with Crippen LogP contribution in [0.15, 0.2) is 29.3 Å². The summed E-state index contributed by atoms with van der Waals surface area (Å²) in [6, 6.07) is 8.36. The third-order valence-corrected chi connectivity index (χ3v) is 3.65. The van der Waals surface area contributed by atoms with E-state index in [9.17, 15) is 0 Å². The van der Waals surface area contributed by atoms with Crippen LogP contribution in [0.1, 0.15) is 14.6 Å². The molecule has 2 aromatic heterocycles. The maximum Gasteiger partial charge on any atom is 0.116 e. The number of aliphatic imine (C=N–C) groups is 1. The Hall–Kier alpha value is -0.930. The van der Waals surface area contributed by atoms with Crippen LogP contribution >= 0.6 is 22.7 Å². The smallest absolute Gasteiger partial charge is 0.116 e.